The second-order valence-corrected chi connectivity index (χ2v) is 6.91. The number of hydrogen-bond acceptors (Lipinski definition) is 4. The molecule has 3 rings (SSSR count). The molecule has 0 bridgehead atoms. The number of aryl methyl sites for hydroxylation is 1. The maximum atomic E-state index is 11.9. The van der Waals surface area contributed by atoms with E-state index in [0.29, 0.717) is 12.2 Å². The smallest absolute Gasteiger partial charge is 0.185 e. The van der Waals surface area contributed by atoms with E-state index in [4.69, 9.17) is 4.98 Å². The number of carbonyl (C=O) groups is 1. The Balaban J connectivity index is 1.69. The molecule has 4 heteroatoms. The molecule has 19 heavy (non-hydrogen) atoms. The number of thiazole rings is 1. The van der Waals surface area contributed by atoms with Gasteiger partial charge in [0.25, 0.3) is 0 Å². The summed E-state index contributed by atoms with van der Waals surface area (Å²) in [7, 11) is 2.13. The third kappa shape index (κ3) is 2.83. The number of anilines is 1. The average molecular weight is 278 g/mol. The van der Waals surface area contributed by atoms with Gasteiger partial charge in [0.15, 0.2) is 10.9 Å². The molecule has 3 nitrogen and oxygen atoms in total. The van der Waals surface area contributed by atoms with Crippen molar-refractivity contribution in [3.8, 4) is 0 Å². The number of ketones is 1. The molecule has 0 atom stereocenters. The van der Waals surface area contributed by atoms with E-state index in [1.54, 1.807) is 11.3 Å². The molecule has 0 spiro atoms. The van der Waals surface area contributed by atoms with E-state index in [0.717, 1.165) is 41.0 Å². The molecule has 0 unspecified atom stereocenters. The summed E-state index contributed by atoms with van der Waals surface area (Å²) in [4.78, 5) is 19.8. The van der Waals surface area contributed by atoms with Crippen LogP contribution in [0.5, 0.6) is 0 Å². The molecule has 0 aromatic carbocycles. The summed E-state index contributed by atoms with van der Waals surface area (Å²) in [5, 5.41) is 1.05. The van der Waals surface area contributed by atoms with Gasteiger partial charge in [-0.25, -0.2) is 4.98 Å². The Morgan fingerprint density at radius 2 is 2.00 bits per heavy atom. The third-order valence-electron chi connectivity index (χ3n) is 4.34. The molecule has 2 aliphatic carbocycles. The number of hydrogen-bond donors (Lipinski definition) is 0. The SMILES string of the molecule is CN(CC1CCCCC1)c1nc2c(s1)C(=O)CCC2. The Morgan fingerprint density at radius 1 is 1.21 bits per heavy atom. The van der Waals surface area contributed by atoms with Crippen LogP contribution in [-0.4, -0.2) is 24.4 Å². The number of fused-ring (bicyclic) bond motifs is 1. The van der Waals surface area contributed by atoms with Crippen molar-refractivity contribution in [2.75, 3.05) is 18.5 Å². The van der Waals surface area contributed by atoms with Crippen LogP contribution in [0.15, 0.2) is 0 Å². The van der Waals surface area contributed by atoms with Crippen LogP contribution in [0, 0.1) is 5.92 Å². The van der Waals surface area contributed by atoms with E-state index in [-0.39, 0.29) is 0 Å². The summed E-state index contributed by atoms with van der Waals surface area (Å²) in [6.07, 6.45) is 9.54. The zero-order valence-corrected chi connectivity index (χ0v) is 12.5. The Hall–Kier alpha value is -0.900. The number of aromatic nitrogens is 1. The van der Waals surface area contributed by atoms with Crippen molar-refractivity contribution in [2.45, 2.75) is 51.4 Å². The zero-order valence-electron chi connectivity index (χ0n) is 11.7. The van der Waals surface area contributed by atoms with E-state index < -0.39 is 0 Å². The zero-order chi connectivity index (χ0) is 13.2. The Morgan fingerprint density at radius 3 is 2.74 bits per heavy atom. The van der Waals surface area contributed by atoms with Gasteiger partial charge in [-0.05, 0) is 31.6 Å². The lowest BCUT2D eigenvalue weighted by Crippen LogP contribution is -2.26. The number of Topliss-reactive ketones (excluding diaryl/α,β-unsaturated/α-hetero) is 1. The fraction of sp³-hybridized carbons (Fsp3) is 0.733. The van der Waals surface area contributed by atoms with Crippen molar-refractivity contribution in [1.29, 1.82) is 0 Å². The average Bonchev–Trinajstić information content (AvgIpc) is 2.85. The molecule has 0 N–H and O–H groups in total. The van der Waals surface area contributed by atoms with E-state index in [1.807, 2.05) is 0 Å². The van der Waals surface area contributed by atoms with Crippen molar-refractivity contribution in [3.05, 3.63) is 10.6 Å². The lowest BCUT2D eigenvalue weighted by molar-refractivity contribution is 0.0976. The lowest BCUT2D eigenvalue weighted by Gasteiger charge is -2.26. The fourth-order valence-electron chi connectivity index (χ4n) is 3.25. The Bertz CT molecular complexity index is 463. The molecule has 1 heterocycles. The van der Waals surface area contributed by atoms with Crippen LogP contribution in [0.4, 0.5) is 5.13 Å². The van der Waals surface area contributed by atoms with Gasteiger partial charge in [-0.2, -0.15) is 0 Å². The topological polar surface area (TPSA) is 33.2 Å². The minimum absolute atomic E-state index is 0.302. The first-order valence-corrected chi connectivity index (χ1v) is 8.29. The molecular formula is C15H22N2OS. The molecule has 1 aromatic heterocycles. The molecule has 1 aromatic rings. The van der Waals surface area contributed by atoms with Gasteiger partial charge in [0, 0.05) is 20.0 Å². The van der Waals surface area contributed by atoms with Gasteiger partial charge in [0.1, 0.15) is 0 Å². The highest BCUT2D eigenvalue weighted by Gasteiger charge is 2.24. The van der Waals surface area contributed by atoms with Crippen molar-refractivity contribution in [1.82, 2.24) is 4.98 Å². The van der Waals surface area contributed by atoms with Crippen LogP contribution in [-0.2, 0) is 6.42 Å². The summed E-state index contributed by atoms with van der Waals surface area (Å²) in [5.41, 5.74) is 1.05. The van der Waals surface area contributed by atoms with Crippen LogP contribution >= 0.6 is 11.3 Å². The number of rotatable bonds is 3. The van der Waals surface area contributed by atoms with Crippen LogP contribution in [0.2, 0.25) is 0 Å². The van der Waals surface area contributed by atoms with Crippen LogP contribution < -0.4 is 4.90 Å². The van der Waals surface area contributed by atoms with Crippen molar-refractivity contribution < 1.29 is 4.79 Å². The second-order valence-electron chi connectivity index (χ2n) is 5.93. The molecule has 2 aliphatic rings. The van der Waals surface area contributed by atoms with Crippen molar-refractivity contribution in [3.63, 3.8) is 0 Å². The summed E-state index contributed by atoms with van der Waals surface area (Å²) < 4.78 is 0. The van der Waals surface area contributed by atoms with Gasteiger partial charge in [0.2, 0.25) is 0 Å². The predicted octanol–water partition coefficient (Wildman–Crippen LogP) is 3.68. The molecular weight excluding hydrogens is 256 g/mol. The van der Waals surface area contributed by atoms with Gasteiger partial charge in [-0.1, -0.05) is 30.6 Å². The van der Waals surface area contributed by atoms with Gasteiger partial charge < -0.3 is 4.90 Å². The van der Waals surface area contributed by atoms with Gasteiger partial charge in [0.05, 0.1) is 10.6 Å². The predicted molar refractivity (Wildman–Crippen MR) is 79.2 cm³/mol. The first-order valence-electron chi connectivity index (χ1n) is 7.48. The summed E-state index contributed by atoms with van der Waals surface area (Å²) in [6, 6.07) is 0. The molecule has 104 valence electrons. The monoisotopic (exact) mass is 278 g/mol. The summed E-state index contributed by atoms with van der Waals surface area (Å²) in [6.45, 7) is 1.10. The van der Waals surface area contributed by atoms with E-state index in [1.165, 1.54) is 32.1 Å². The van der Waals surface area contributed by atoms with E-state index >= 15 is 0 Å². The van der Waals surface area contributed by atoms with Gasteiger partial charge in [-0.15, -0.1) is 0 Å². The molecule has 0 saturated heterocycles. The quantitative estimate of drug-likeness (QED) is 0.845. The Labute approximate surface area is 119 Å². The molecule has 1 saturated carbocycles. The van der Waals surface area contributed by atoms with Crippen LogP contribution in [0.3, 0.4) is 0 Å². The van der Waals surface area contributed by atoms with Crippen molar-refractivity contribution >= 4 is 22.3 Å². The highest BCUT2D eigenvalue weighted by atomic mass is 32.1. The van der Waals surface area contributed by atoms with Crippen molar-refractivity contribution in [2.24, 2.45) is 5.92 Å². The van der Waals surface area contributed by atoms with Gasteiger partial charge in [-0.3, -0.25) is 4.79 Å². The maximum absolute atomic E-state index is 11.9. The highest BCUT2D eigenvalue weighted by Crippen LogP contribution is 2.32. The highest BCUT2D eigenvalue weighted by molar-refractivity contribution is 7.17. The molecule has 0 amide bonds. The number of carbonyl (C=O) groups excluding carboxylic acids is 1. The van der Waals surface area contributed by atoms with Gasteiger partial charge >= 0.3 is 0 Å². The largest absolute Gasteiger partial charge is 0.351 e. The minimum atomic E-state index is 0.302. The number of nitrogens with zero attached hydrogens (tertiary/aromatic N) is 2. The first kappa shape index (κ1) is 13.1. The van der Waals surface area contributed by atoms with E-state index in [2.05, 4.69) is 11.9 Å². The normalized spacial score (nSPS) is 20.4. The summed E-state index contributed by atoms with van der Waals surface area (Å²) in [5.74, 6) is 1.12. The lowest BCUT2D eigenvalue weighted by atomic mass is 9.89. The molecule has 0 radical (unpaired) electrons. The maximum Gasteiger partial charge on any atom is 0.185 e. The Kier molecular flexibility index (Phi) is 3.87. The standard InChI is InChI=1S/C15H22N2OS/c1-17(10-11-6-3-2-4-7-11)15-16-12-8-5-9-13(18)14(12)19-15/h11H,2-10H2,1H3. The first-order chi connectivity index (χ1) is 9.24. The molecule has 1 fully saturated rings. The van der Waals surface area contributed by atoms with Crippen LogP contribution in [0.25, 0.3) is 0 Å². The molecule has 0 aliphatic heterocycles. The second kappa shape index (κ2) is 5.61. The van der Waals surface area contributed by atoms with Crippen LogP contribution in [0.1, 0.15) is 60.3 Å². The van der Waals surface area contributed by atoms with E-state index in [9.17, 15) is 4.79 Å². The third-order valence-corrected chi connectivity index (χ3v) is 5.59. The minimum Gasteiger partial charge on any atom is -0.351 e. The fourth-order valence-corrected chi connectivity index (χ4v) is 4.31. The summed E-state index contributed by atoms with van der Waals surface area (Å²) >= 11 is 1.61.